The zero-order valence-electron chi connectivity index (χ0n) is 11.9. The fraction of sp³-hybridized carbons (Fsp3) is 0.933. The summed E-state index contributed by atoms with van der Waals surface area (Å²) < 4.78 is 5.56. The Hall–Kier alpha value is -0.410. The molecular formula is C15H27NO2. The normalized spacial score (nSPS) is 24.6. The highest BCUT2D eigenvalue weighted by atomic mass is 16.5. The van der Waals surface area contributed by atoms with Crippen molar-refractivity contribution in [2.24, 2.45) is 0 Å². The molecule has 1 aliphatic carbocycles. The van der Waals surface area contributed by atoms with Crippen LogP contribution in [0.4, 0.5) is 0 Å². The van der Waals surface area contributed by atoms with Crippen molar-refractivity contribution in [3.05, 3.63) is 0 Å². The van der Waals surface area contributed by atoms with Gasteiger partial charge in [0, 0.05) is 0 Å². The van der Waals surface area contributed by atoms with Gasteiger partial charge in [0.05, 0.1) is 11.6 Å². The molecule has 1 heterocycles. The molecule has 0 spiro atoms. The SMILES string of the molecule is CC(C)OCC(=O)C1(N2CCCCC2)CCCC1. The van der Waals surface area contributed by atoms with Crippen molar-refractivity contribution in [1.29, 1.82) is 0 Å². The summed E-state index contributed by atoms with van der Waals surface area (Å²) in [6, 6.07) is 0. The van der Waals surface area contributed by atoms with Crippen LogP contribution in [-0.4, -0.2) is 42.0 Å². The molecule has 0 atom stereocenters. The summed E-state index contributed by atoms with van der Waals surface area (Å²) in [7, 11) is 0. The summed E-state index contributed by atoms with van der Waals surface area (Å²) in [5, 5.41) is 0. The molecule has 0 radical (unpaired) electrons. The topological polar surface area (TPSA) is 29.5 Å². The monoisotopic (exact) mass is 253 g/mol. The van der Waals surface area contributed by atoms with Gasteiger partial charge in [-0.05, 0) is 52.6 Å². The zero-order chi connectivity index (χ0) is 13.0. The van der Waals surface area contributed by atoms with Crippen molar-refractivity contribution < 1.29 is 9.53 Å². The first-order valence-corrected chi connectivity index (χ1v) is 7.55. The number of likely N-dealkylation sites (tertiary alicyclic amines) is 1. The number of hydrogen-bond donors (Lipinski definition) is 0. The van der Waals surface area contributed by atoms with Gasteiger partial charge in [-0.2, -0.15) is 0 Å². The largest absolute Gasteiger partial charge is 0.371 e. The maximum Gasteiger partial charge on any atom is 0.178 e. The molecule has 1 aliphatic heterocycles. The maximum atomic E-state index is 12.6. The fourth-order valence-corrected chi connectivity index (χ4v) is 3.43. The van der Waals surface area contributed by atoms with Gasteiger partial charge in [0.25, 0.3) is 0 Å². The third kappa shape index (κ3) is 2.94. The number of carbonyl (C=O) groups is 1. The Kier molecular flexibility index (Phi) is 4.79. The van der Waals surface area contributed by atoms with Crippen LogP contribution in [0.5, 0.6) is 0 Å². The van der Waals surface area contributed by atoms with Crippen molar-refractivity contribution in [2.75, 3.05) is 19.7 Å². The van der Waals surface area contributed by atoms with Crippen molar-refractivity contribution in [3.63, 3.8) is 0 Å². The van der Waals surface area contributed by atoms with E-state index in [1.807, 2.05) is 13.8 Å². The van der Waals surface area contributed by atoms with E-state index >= 15 is 0 Å². The van der Waals surface area contributed by atoms with Crippen molar-refractivity contribution in [1.82, 2.24) is 4.90 Å². The molecule has 0 aromatic heterocycles. The second kappa shape index (κ2) is 6.16. The van der Waals surface area contributed by atoms with Crippen molar-refractivity contribution in [3.8, 4) is 0 Å². The summed E-state index contributed by atoms with van der Waals surface area (Å²) >= 11 is 0. The number of rotatable bonds is 5. The lowest BCUT2D eigenvalue weighted by molar-refractivity contribution is -0.138. The van der Waals surface area contributed by atoms with Crippen LogP contribution in [0.2, 0.25) is 0 Å². The summed E-state index contributed by atoms with van der Waals surface area (Å²) in [5.74, 6) is 0.329. The molecule has 3 nitrogen and oxygen atoms in total. The first kappa shape index (κ1) is 14.0. The van der Waals surface area contributed by atoms with Crippen LogP contribution in [-0.2, 0) is 9.53 Å². The molecule has 0 amide bonds. The van der Waals surface area contributed by atoms with Gasteiger partial charge < -0.3 is 4.74 Å². The zero-order valence-corrected chi connectivity index (χ0v) is 11.9. The number of piperidine rings is 1. The molecule has 0 aromatic rings. The minimum atomic E-state index is -0.171. The lowest BCUT2D eigenvalue weighted by Crippen LogP contribution is -2.55. The third-order valence-corrected chi connectivity index (χ3v) is 4.46. The molecule has 0 N–H and O–H groups in total. The number of carbonyl (C=O) groups excluding carboxylic acids is 1. The first-order chi connectivity index (χ1) is 8.65. The number of ether oxygens (including phenoxy) is 1. The highest BCUT2D eigenvalue weighted by Crippen LogP contribution is 2.37. The van der Waals surface area contributed by atoms with Crippen LogP contribution in [0.25, 0.3) is 0 Å². The summed E-state index contributed by atoms with van der Waals surface area (Å²) in [6.45, 7) is 6.50. The minimum absolute atomic E-state index is 0.147. The molecule has 1 saturated carbocycles. The van der Waals surface area contributed by atoms with Crippen LogP contribution in [0, 0.1) is 0 Å². The molecule has 0 bridgehead atoms. The third-order valence-electron chi connectivity index (χ3n) is 4.46. The van der Waals surface area contributed by atoms with E-state index in [1.54, 1.807) is 0 Å². The molecule has 0 unspecified atom stereocenters. The molecule has 18 heavy (non-hydrogen) atoms. The first-order valence-electron chi connectivity index (χ1n) is 7.55. The van der Waals surface area contributed by atoms with E-state index in [4.69, 9.17) is 4.74 Å². The van der Waals surface area contributed by atoms with E-state index < -0.39 is 0 Å². The average molecular weight is 253 g/mol. The maximum absolute atomic E-state index is 12.6. The molecule has 3 heteroatoms. The second-order valence-corrected chi connectivity index (χ2v) is 6.07. The standard InChI is InChI=1S/C15H27NO2/c1-13(2)18-12-14(17)15(8-4-5-9-15)16-10-6-3-7-11-16/h13H,3-12H2,1-2H3. The molecular weight excluding hydrogens is 226 g/mol. The Morgan fingerprint density at radius 2 is 1.72 bits per heavy atom. The van der Waals surface area contributed by atoms with Crippen LogP contribution in [0.3, 0.4) is 0 Å². The van der Waals surface area contributed by atoms with Gasteiger partial charge in [0.15, 0.2) is 5.78 Å². The van der Waals surface area contributed by atoms with Crippen LogP contribution in [0.15, 0.2) is 0 Å². The lowest BCUT2D eigenvalue weighted by Gasteiger charge is -2.42. The average Bonchev–Trinajstić information content (AvgIpc) is 2.87. The Morgan fingerprint density at radius 1 is 1.11 bits per heavy atom. The Labute approximate surface area is 111 Å². The van der Waals surface area contributed by atoms with Gasteiger partial charge >= 0.3 is 0 Å². The van der Waals surface area contributed by atoms with E-state index in [-0.39, 0.29) is 11.6 Å². The predicted molar refractivity (Wildman–Crippen MR) is 72.7 cm³/mol. The lowest BCUT2D eigenvalue weighted by atomic mass is 9.88. The Morgan fingerprint density at radius 3 is 2.28 bits per heavy atom. The quantitative estimate of drug-likeness (QED) is 0.754. The van der Waals surface area contributed by atoms with Gasteiger partial charge in [-0.1, -0.05) is 19.3 Å². The van der Waals surface area contributed by atoms with Gasteiger partial charge in [0.2, 0.25) is 0 Å². The summed E-state index contributed by atoms with van der Waals surface area (Å²) in [5.41, 5.74) is -0.171. The molecule has 2 aliphatic rings. The molecule has 1 saturated heterocycles. The highest BCUT2D eigenvalue weighted by molar-refractivity contribution is 5.89. The van der Waals surface area contributed by atoms with E-state index in [2.05, 4.69) is 4.90 Å². The van der Waals surface area contributed by atoms with Gasteiger partial charge in [-0.15, -0.1) is 0 Å². The Balaban J connectivity index is 2.03. The van der Waals surface area contributed by atoms with Crippen LogP contribution < -0.4 is 0 Å². The van der Waals surface area contributed by atoms with E-state index in [0.29, 0.717) is 12.4 Å². The number of hydrogen-bond acceptors (Lipinski definition) is 3. The predicted octanol–water partition coefficient (Wildman–Crippen LogP) is 2.78. The van der Waals surface area contributed by atoms with Gasteiger partial charge in [0.1, 0.15) is 6.61 Å². The van der Waals surface area contributed by atoms with E-state index in [0.717, 1.165) is 25.9 Å². The van der Waals surface area contributed by atoms with E-state index in [9.17, 15) is 4.79 Å². The second-order valence-electron chi connectivity index (χ2n) is 6.07. The van der Waals surface area contributed by atoms with Crippen LogP contribution >= 0.6 is 0 Å². The van der Waals surface area contributed by atoms with Crippen molar-refractivity contribution >= 4 is 5.78 Å². The summed E-state index contributed by atoms with van der Waals surface area (Å²) in [6.07, 6.45) is 8.46. The Bertz CT molecular complexity index is 276. The molecule has 0 aromatic carbocycles. The molecule has 104 valence electrons. The van der Waals surface area contributed by atoms with Gasteiger partial charge in [-0.3, -0.25) is 9.69 Å². The number of ketones is 1. The fourth-order valence-electron chi connectivity index (χ4n) is 3.43. The minimum Gasteiger partial charge on any atom is -0.371 e. The van der Waals surface area contributed by atoms with Crippen LogP contribution in [0.1, 0.15) is 58.8 Å². The smallest absolute Gasteiger partial charge is 0.178 e. The number of Topliss-reactive ketones (excluding diaryl/α,β-unsaturated/α-hetero) is 1. The molecule has 2 rings (SSSR count). The number of nitrogens with zero attached hydrogens (tertiary/aromatic N) is 1. The summed E-state index contributed by atoms with van der Waals surface area (Å²) in [4.78, 5) is 15.1. The van der Waals surface area contributed by atoms with Gasteiger partial charge in [-0.25, -0.2) is 0 Å². The van der Waals surface area contributed by atoms with Crippen molar-refractivity contribution in [2.45, 2.75) is 70.4 Å². The highest BCUT2D eigenvalue weighted by Gasteiger charge is 2.45. The molecule has 2 fully saturated rings. The van der Waals surface area contributed by atoms with E-state index in [1.165, 1.54) is 32.1 Å².